The molecule has 0 amide bonds. The second-order valence-corrected chi connectivity index (χ2v) is 9.68. The summed E-state index contributed by atoms with van der Waals surface area (Å²) in [6.45, 7) is 1.75. The van der Waals surface area contributed by atoms with Crippen molar-refractivity contribution >= 4 is 10.9 Å². The Kier molecular flexibility index (Phi) is 8.87. The molecule has 0 atom stereocenters. The third kappa shape index (κ3) is 6.33. The summed E-state index contributed by atoms with van der Waals surface area (Å²) in [5.74, 6) is -3.42. The van der Waals surface area contributed by atoms with Crippen molar-refractivity contribution in [3.8, 4) is 11.5 Å². The summed E-state index contributed by atoms with van der Waals surface area (Å²) < 4.78 is 64.3. The molecule has 0 bridgehead atoms. The third-order valence-corrected chi connectivity index (χ3v) is 7.44. The van der Waals surface area contributed by atoms with Crippen LogP contribution in [0.1, 0.15) is 36.8 Å². The predicted octanol–water partition coefficient (Wildman–Crippen LogP) is 5.61. The van der Waals surface area contributed by atoms with Crippen molar-refractivity contribution in [1.29, 1.82) is 0 Å². The fourth-order valence-corrected chi connectivity index (χ4v) is 5.09. The summed E-state index contributed by atoms with van der Waals surface area (Å²) in [6, 6.07) is 7.28. The molecule has 3 aromatic rings. The molecule has 0 saturated carbocycles. The van der Waals surface area contributed by atoms with Crippen molar-refractivity contribution in [2.24, 2.45) is 5.41 Å². The Balaban J connectivity index is 1.31. The number of aryl methyl sites for hydroxylation is 1. The largest absolute Gasteiger partial charge is 0.497 e. The van der Waals surface area contributed by atoms with Crippen molar-refractivity contribution in [2.75, 3.05) is 40.0 Å². The lowest BCUT2D eigenvalue weighted by molar-refractivity contribution is 0.0316. The fourth-order valence-electron chi connectivity index (χ4n) is 5.09. The molecule has 2 heterocycles. The molecule has 0 spiro atoms. The number of hydrogen-bond donors (Lipinski definition) is 1. The number of aromatic nitrogens is 1. The number of benzene rings is 2. The Morgan fingerprint density at radius 1 is 1.05 bits per heavy atom. The molecule has 200 valence electrons. The molecule has 5 nitrogen and oxygen atoms in total. The van der Waals surface area contributed by atoms with Gasteiger partial charge in [0.1, 0.15) is 24.8 Å². The van der Waals surface area contributed by atoms with Gasteiger partial charge in [-0.3, -0.25) is 9.88 Å². The maximum absolute atomic E-state index is 13.7. The first-order valence-corrected chi connectivity index (χ1v) is 12.5. The van der Waals surface area contributed by atoms with Crippen LogP contribution >= 0.6 is 0 Å². The van der Waals surface area contributed by atoms with Gasteiger partial charge in [0.05, 0.1) is 12.6 Å². The van der Waals surface area contributed by atoms with Crippen LogP contribution in [0.15, 0.2) is 36.5 Å². The number of methoxy groups -OCH3 is 1. The highest BCUT2D eigenvalue weighted by atomic mass is 19.2. The van der Waals surface area contributed by atoms with Gasteiger partial charge >= 0.3 is 0 Å². The van der Waals surface area contributed by atoms with Gasteiger partial charge in [0.2, 0.25) is 0 Å². The zero-order chi connectivity index (χ0) is 26.4. The Hall–Kier alpha value is -2.91. The molecule has 1 N–H and O–H groups in total. The highest BCUT2D eigenvalue weighted by Gasteiger charge is 2.33. The van der Waals surface area contributed by atoms with Crippen LogP contribution in [-0.2, 0) is 13.1 Å². The second kappa shape index (κ2) is 12.1. The summed E-state index contributed by atoms with van der Waals surface area (Å²) in [6.07, 6.45) is 5.47. The first-order valence-electron chi connectivity index (χ1n) is 12.5. The number of nitrogens with zero attached hydrogens (tertiary/aromatic N) is 2. The smallest absolute Gasteiger partial charge is 0.194 e. The van der Waals surface area contributed by atoms with Crippen LogP contribution in [0, 0.1) is 22.9 Å². The molecule has 2 aromatic carbocycles. The average Bonchev–Trinajstić information content (AvgIpc) is 2.92. The minimum atomic E-state index is -1.51. The van der Waals surface area contributed by atoms with Crippen molar-refractivity contribution in [3.05, 3.63) is 65.1 Å². The number of aliphatic hydroxyl groups is 1. The zero-order valence-corrected chi connectivity index (χ0v) is 20.9. The number of aliphatic hydroxyl groups excluding tert-OH is 1. The maximum atomic E-state index is 13.7. The Labute approximate surface area is 214 Å². The molecule has 1 aliphatic rings. The molecule has 1 fully saturated rings. The predicted molar refractivity (Wildman–Crippen MR) is 133 cm³/mol. The Bertz CT molecular complexity index is 1190. The van der Waals surface area contributed by atoms with Crippen LogP contribution in [0.4, 0.5) is 17.6 Å². The normalized spacial score (nSPS) is 15.7. The minimum Gasteiger partial charge on any atom is -0.497 e. The van der Waals surface area contributed by atoms with Gasteiger partial charge in [-0.15, -0.1) is 0 Å². The highest BCUT2D eigenvalue weighted by Crippen LogP contribution is 2.37. The molecule has 0 radical (unpaired) electrons. The molecule has 1 saturated heterocycles. The first kappa shape index (κ1) is 27.1. The van der Waals surface area contributed by atoms with Gasteiger partial charge in [-0.1, -0.05) is 0 Å². The van der Waals surface area contributed by atoms with Gasteiger partial charge in [-0.25, -0.2) is 17.6 Å². The van der Waals surface area contributed by atoms with Crippen LogP contribution in [0.3, 0.4) is 0 Å². The van der Waals surface area contributed by atoms with E-state index < -0.39 is 24.1 Å². The Morgan fingerprint density at radius 2 is 1.78 bits per heavy atom. The molecular formula is C28H32F4N2O3. The van der Waals surface area contributed by atoms with Gasteiger partial charge in [0.25, 0.3) is 0 Å². The van der Waals surface area contributed by atoms with E-state index in [9.17, 15) is 22.7 Å². The van der Waals surface area contributed by atoms with Crippen molar-refractivity contribution in [2.45, 2.75) is 38.8 Å². The molecule has 9 heteroatoms. The maximum Gasteiger partial charge on any atom is 0.194 e. The third-order valence-electron chi connectivity index (χ3n) is 7.44. The topological polar surface area (TPSA) is 54.8 Å². The van der Waals surface area contributed by atoms with Crippen LogP contribution in [0.5, 0.6) is 11.5 Å². The highest BCUT2D eigenvalue weighted by molar-refractivity contribution is 5.84. The summed E-state index contributed by atoms with van der Waals surface area (Å²) in [5.41, 5.74) is 2.10. The molecule has 0 aliphatic carbocycles. The Morgan fingerprint density at radius 3 is 2.43 bits per heavy atom. The summed E-state index contributed by atoms with van der Waals surface area (Å²) >= 11 is 0. The summed E-state index contributed by atoms with van der Waals surface area (Å²) in [7, 11) is 1.60. The molecule has 1 aromatic heterocycles. The molecule has 0 unspecified atom stereocenters. The molecule has 1 aliphatic heterocycles. The van der Waals surface area contributed by atoms with E-state index in [0.717, 1.165) is 67.4 Å². The van der Waals surface area contributed by atoms with Crippen LogP contribution < -0.4 is 9.47 Å². The minimum absolute atomic E-state index is 0.0491. The number of fused-ring (bicyclic) bond motifs is 1. The van der Waals surface area contributed by atoms with Gasteiger partial charge < -0.3 is 14.6 Å². The zero-order valence-electron chi connectivity index (χ0n) is 20.9. The SMILES string of the molecule is COc1ccc2ncc(CF)c(CCCC3(CO)CCN(CCOc4cc(F)c(F)c(F)c4)CC3)c2c1. The van der Waals surface area contributed by atoms with E-state index in [1.807, 2.05) is 18.2 Å². The van der Waals surface area contributed by atoms with Crippen molar-refractivity contribution < 1.29 is 32.1 Å². The van der Waals surface area contributed by atoms with E-state index in [4.69, 9.17) is 9.47 Å². The van der Waals surface area contributed by atoms with E-state index in [2.05, 4.69) is 9.88 Å². The van der Waals surface area contributed by atoms with Gasteiger partial charge in [0, 0.05) is 42.4 Å². The molecular weight excluding hydrogens is 488 g/mol. The fraction of sp³-hybridized carbons (Fsp3) is 0.464. The lowest BCUT2D eigenvalue weighted by atomic mass is 9.75. The van der Waals surface area contributed by atoms with Crippen molar-refractivity contribution in [3.63, 3.8) is 0 Å². The van der Waals surface area contributed by atoms with E-state index >= 15 is 0 Å². The summed E-state index contributed by atoms with van der Waals surface area (Å²) in [5, 5.41) is 11.1. The first-order chi connectivity index (χ1) is 17.9. The number of pyridine rings is 1. The van der Waals surface area contributed by atoms with Crippen LogP contribution in [0.2, 0.25) is 0 Å². The quantitative estimate of drug-likeness (QED) is 0.263. The number of ether oxygens (including phenoxy) is 2. The lowest BCUT2D eigenvalue weighted by Gasteiger charge is -2.41. The lowest BCUT2D eigenvalue weighted by Crippen LogP contribution is -2.43. The van der Waals surface area contributed by atoms with E-state index in [-0.39, 0.29) is 24.4 Å². The molecule has 37 heavy (non-hydrogen) atoms. The number of piperidine rings is 1. The van der Waals surface area contributed by atoms with Gasteiger partial charge in [-0.05, 0) is 74.4 Å². The number of likely N-dealkylation sites (tertiary alicyclic amines) is 1. The summed E-state index contributed by atoms with van der Waals surface area (Å²) in [4.78, 5) is 6.55. The van der Waals surface area contributed by atoms with E-state index in [1.165, 1.54) is 0 Å². The van der Waals surface area contributed by atoms with Crippen molar-refractivity contribution in [1.82, 2.24) is 9.88 Å². The van der Waals surface area contributed by atoms with E-state index in [1.54, 1.807) is 13.3 Å². The van der Waals surface area contributed by atoms with E-state index in [0.29, 0.717) is 24.3 Å². The average molecular weight is 521 g/mol. The van der Waals surface area contributed by atoms with Gasteiger partial charge in [-0.2, -0.15) is 0 Å². The monoisotopic (exact) mass is 520 g/mol. The van der Waals surface area contributed by atoms with Crippen LogP contribution in [-0.4, -0.2) is 54.9 Å². The number of alkyl halides is 1. The van der Waals surface area contributed by atoms with Gasteiger partial charge in [0.15, 0.2) is 17.5 Å². The number of rotatable bonds is 11. The standard InChI is InChI=1S/C28H32F4N2O3/c1-36-20-4-5-26-23(13-20)22(19(16-29)17-33-26)3-2-6-28(18-35)7-9-34(10-8-28)11-12-37-21-14-24(30)27(32)25(31)15-21/h4-5,13-15,17,35H,2-3,6-12,16,18H2,1H3. The molecule has 4 rings (SSSR count). The number of hydrogen-bond acceptors (Lipinski definition) is 5. The number of halogens is 4. The second-order valence-electron chi connectivity index (χ2n) is 9.68. The van der Waals surface area contributed by atoms with Crippen LogP contribution in [0.25, 0.3) is 10.9 Å².